The highest BCUT2D eigenvalue weighted by Gasteiger charge is 2.19. The van der Waals surface area contributed by atoms with E-state index in [0.717, 1.165) is 36.6 Å². The highest BCUT2D eigenvalue weighted by atomic mass is 16.2. The minimum Gasteiger partial charge on any atom is -0.314 e. The third-order valence-electron chi connectivity index (χ3n) is 4.14. The highest BCUT2D eigenvalue weighted by Crippen LogP contribution is 2.20. The van der Waals surface area contributed by atoms with E-state index >= 15 is 0 Å². The van der Waals surface area contributed by atoms with Gasteiger partial charge in [0.05, 0.1) is 0 Å². The van der Waals surface area contributed by atoms with E-state index in [4.69, 9.17) is 0 Å². The fraction of sp³-hybridized carbons (Fsp3) is 0.500. The average molecular weight is 289 g/mol. The number of H-pyrrole nitrogens is 1. The summed E-state index contributed by atoms with van der Waals surface area (Å²) < 4.78 is 5.34. The second kappa shape index (κ2) is 4.61. The maximum absolute atomic E-state index is 12.2. The molecule has 0 bridgehead atoms. The number of imidazole rings is 2. The number of nitrogens with zero attached hydrogens (tertiary/aromatic N) is 4. The molecule has 0 aliphatic carbocycles. The third-order valence-corrected chi connectivity index (χ3v) is 4.14. The molecule has 0 saturated heterocycles. The van der Waals surface area contributed by atoms with Crippen LogP contribution in [0, 0.1) is 13.8 Å². The van der Waals surface area contributed by atoms with Crippen LogP contribution in [0.5, 0.6) is 0 Å². The molecule has 0 fully saturated rings. The maximum atomic E-state index is 12.2. The van der Waals surface area contributed by atoms with Crippen molar-refractivity contribution < 1.29 is 0 Å². The molecule has 112 valence electrons. The molecular weight excluding hydrogens is 270 g/mol. The first-order valence-corrected chi connectivity index (χ1v) is 7.14. The first-order chi connectivity index (χ1) is 9.97. The molecule has 0 saturated carbocycles. The predicted molar refractivity (Wildman–Crippen MR) is 80.9 cm³/mol. The molecule has 0 unspecified atom stereocenters. The molecule has 0 atom stereocenters. The standard InChI is InChI=1S/C14H19N5O2/c1-5-6-7-18-8(2)9(3)19-10-11(15-13(18)19)17(4)14(21)16-12(10)20/h5-7H2,1-4H3,(H,16,20,21). The molecule has 0 radical (unpaired) electrons. The fourth-order valence-electron chi connectivity index (χ4n) is 2.76. The number of aromatic amines is 1. The van der Waals surface area contributed by atoms with Gasteiger partial charge in [-0.05, 0) is 20.3 Å². The largest absolute Gasteiger partial charge is 0.329 e. The topological polar surface area (TPSA) is 77.1 Å². The monoisotopic (exact) mass is 289 g/mol. The summed E-state index contributed by atoms with van der Waals surface area (Å²) >= 11 is 0. The van der Waals surface area contributed by atoms with E-state index in [1.54, 1.807) is 7.05 Å². The third kappa shape index (κ3) is 1.76. The summed E-state index contributed by atoms with van der Waals surface area (Å²) in [5.41, 5.74) is 2.10. The lowest BCUT2D eigenvalue weighted by Crippen LogP contribution is -2.28. The van der Waals surface area contributed by atoms with Gasteiger partial charge in [0.25, 0.3) is 5.56 Å². The van der Waals surface area contributed by atoms with Gasteiger partial charge in [-0.1, -0.05) is 13.3 Å². The van der Waals surface area contributed by atoms with Crippen molar-refractivity contribution in [1.82, 2.24) is 23.5 Å². The molecule has 3 heterocycles. The number of aromatic nitrogens is 5. The molecule has 7 nitrogen and oxygen atoms in total. The SMILES string of the molecule is CCCCn1c(C)c(C)n2c3c(=O)[nH]c(=O)n(C)c3nc12. The number of fused-ring (bicyclic) bond motifs is 3. The van der Waals surface area contributed by atoms with Crippen LogP contribution in [-0.2, 0) is 13.6 Å². The van der Waals surface area contributed by atoms with Crippen molar-refractivity contribution in [1.29, 1.82) is 0 Å². The molecule has 1 N–H and O–H groups in total. The summed E-state index contributed by atoms with van der Waals surface area (Å²) in [5.74, 6) is 0.722. The van der Waals surface area contributed by atoms with Crippen molar-refractivity contribution in [2.75, 3.05) is 0 Å². The lowest BCUT2D eigenvalue weighted by Gasteiger charge is -2.04. The van der Waals surface area contributed by atoms with Gasteiger partial charge in [0, 0.05) is 25.0 Å². The number of nitrogens with one attached hydrogen (secondary N) is 1. The zero-order valence-electron chi connectivity index (χ0n) is 12.7. The van der Waals surface area contributed by atoms with E-state index < -0.39 is 11.2 Å². The van der Waals surface area contributed by atoms with E-state index in [0.29, 0.717) is 11.2 Å². The first-order valence-electron chi connectivity index (χ1n) is 7.14. The van der Waals surface area contributed by atoms with Crippen molar-refractivity contribution in [3.8, 4) is 0 Å². The van der Waals surface area contributed by atoms with E-state index in [2.05, 4.69) is 21.5 Å². The van der Waals surface area contributed by atoms with Gasteiger partial charge in [-0.25, -0.2) is 4.79 Å². The van der Waals surface area contributed by atoms with Crippen LogP contribution in [-0.4, -0.2) is 23.5 Å². The van der Waals surface area contributed by atoms with Crippen LogP contribution in [0.3, 0.4) is 0 Å². The van der Waals surface area contributed by atoms with Gasteiger partial charge in [-0.3, -0.25) is 18.7 Å². The fourth-order valence-corrected chi connectivity index (χ4v) is 2.76. The van der Waals surface area contributed by atoms with Gasteiger partial charge in [0.15, 0.2) is 11.2 Å². The van der Waals surface area contributed by atoms with Crippen LogP contribution in [0.2, 0.25) is 0 Å². The van der Waals surface area contributed by atoms with Crippen LogP contribution in [0.4, 0.5) is 0 Å². The Bertz CT molecular complexity index is 954. The summed E-state index contributed by atoms with van der Waals surface area (Å²) in [7, 11) is 1.62. The summed E-state index contributed by atoms with van der Waals surface area (Å²) in [4.78, 5) is 30.8. The Labute approximate surface area is 120 Å². The summed E-state index contributed by atoms with van der Waals surface area (Å²) in [6, 6.07) is 0. The molecule has 0 aliphatic rings. The molecule has 7 heteroatoms. The van der Waals surface area contributed by atoms with Crippen molar-refractivity contribution in [3.63, 3.8) is 0 Å². The number of aryl methyl sites for hydroxylation is 3. The second-order valence-electron chi connectivity index (χ2n) is 5.41. The molecule has 3 aromatic heterocycles. The van der Waals surface area contributed by atoms with Crippen molar-refractivity contribution in [2.45, 2.75) is 40.2 Å². The molecule has 0 aromatic carbocycles. The van der Waals surface area contributed by atoms with Gasteiger partial charge < -0.3 is 4.57 Å². The molecule has 21 heavy (non-hydrogen) atoms. The Hall–Kier alpha value is -2.31. The predicted octanol–water partition coefficient (Wildman–Crippen LogP) is 1.09. The molecular formula is C14H19N5O2. The molecule has 0 amide bonds. The Kier molecular flexibility index (Phi) is 3.00. The van der Waals surface area contributed by atoms with E-state index in [-0.39, 0.29) is 0 Å². The highest BCUT2D eigenvalue weighted by molar-refractivity contribution is 5.76. The second-order valence-corrected chi connectivity index (χ2v) is 5.41. The molecule has 0 spiro atoms. The summed E-state index contributed by atoms with van der Waals surface area (Å²) in [5, 5.41) is 0. The van der Waals surface area contributed by atoms with Crippen LogP contribution in [0.1, 0.15) is 31.2 Å². The van der Waals surface area contributed by atoms with Crippen molar-refractivity contribution in [2.24, 2.45) is 7.05 Å². The Morgan fingerprint density at radius 1 is 1.19 bits per heavy atom. The Balaban J connectivity index is 2.49. The van der Waals surface area contributed by atoms with E-state index in [9.17, 15) is 9.59 Å². The van der Waals surface area contributed by atoms with Crippen LogP contribution >= 0.6 is 0 Å². The van der Waals surface area contributed by atoms with Crippen LogP contribution in [0.15, 0.2) is 9.59 Å². The van der Waals surface area contributed by atoms with Gasteiger partial charge >= 0.3 is 5.69 Å². The van der Waals surface area contributed by atoms with Crippen LogP contribution < -0.4 is 11.2 Å². The molecule has 3 rings (SSSR count). The van der Waals surface area contributed by atoms with Gasteiger partial charge in [0.1, 0.15) is 0 Å². The number of hydrogen-bond donors (Lipinski definition) is 1. The smallest absolute Gasteiger partial charge is 0.314 e. The zero-order valence-corrected chi connectivity index (χ0v) is 12.7. The van der Waals surface area contributed by atoms with Crippen molar-refractivity contribution in [3.05, 3.63) is 32.2 Å². The van der Waals surface area contributed by atoms with Crippen molar-refractivity contribution >= 4 is 16.9 Å². The van der Waals surface area contributed by atoms with Gasteiger partial charge in [-0.2, -0.15) is 4.98 Å². The Morgan fingerprint density at radius 3 is 2.57 bits per heavy atom. The van der Waals surface area contributed by atoms with E-state index in [1.165, 1.54) is 4.57 Å². The normalized spacial score (nSPS) is 11.8. The quantitative estimate of drug-likeness (QED) is 0.784. The Morgan fingerprint density at radius 2 is 1.90 bits per heavy atom. The zero-order chi connectivity index (χ0) is 15.3. The minimum atomic E-state index is -0.442. The summed E-state index contributed by atoms with van der Waals surface area (Å²) in [6.45, 7) is 6.99. The lowest BCUT2D eigenvalue weighted by molar-refractivity contribution is 0.631. The summed E-state index contributed by atoms with van der Waals surface area (Å²) in [6.07, 6.45) is 2.13. The molecule has 0 aliphatic heterocycles. The van der Waals surface area contributed by atoms with Gasteiger partial charge in [-0.15, -0.1) is 0 Å². The van der Waals surface area contributed by atoms with Crippen LogP contribution in [0.25, 0.3) is 16.9 Å². The number of unbranched alkanes of at least 4 members (excludes halogenated alkanes) is 1. The number of rotatable bonds is 3. The van der Waals surface area contributed by atoms with Gasteiger partial charge in [0.2, 0.25) is 5.78 Å². The van der Waals surface area contributed by atoms with E-state index in [1.807, 2.05) is 18.2 Å². The maximum Gasteiger partial charge on any atom is 0.329 e. The first kappa shape index (κ1) is 13.7. The number of hydrogen-bond acceptors (Lipinski definition) is 3. The molecule has 3 aromatic rings. The lowest BCUT2D eigenvalue weighted by atomic mass is 10.3. The minimum absolute atomic E-state index is 0.392. The average Bonchev–Trinajstić information content (AvgIpc) is 2.93.